The maximum absolute atomic E-state index is 11.8. The quantitative estimate of drug-likeness (QED) is 0.674. The molecule has 8 heteroatoms. The Labute approximate surface area is 127 Å². The summed E-state index contributed by atoms with van der Waals surface area (Å²) in [4.78, 5) is 33.4. The van der Waals surface area contributed by atoms with Crippen LogP contribution in [-0.2, 0) is 11.3 Å². The van der Waals surface area contributed by atoms with Gasteiger partial charge >= 0.3 is 0 Å². The zero-order valence-corrected chi connectivity index (χ0v) is 12.2. The van der Waals surface area contributed by atoms with E-state index in [4.69, 9.17) is 0 Å². The molecular weight excluding hydrogens is 342 g/mol. The van der Waals surface area contributed by atoms with E-state index in [0.29, 0.717) is 10.2 Å². The second kappa shape index (κ2) is 6.31. The molecule has 0 radical (unpaired) electrons. The molecule has 1 N–H and O–H groups in total. The summed E-state index contributed by atoms with van der Waals surface area (Å²) >= 11 is 3.22. The number of hydrogen-bond acceptors (Lipinski definition) is 4. The molecule has 0 bridgehead atoms. The van der Waals surface area contributed by atoms with Crippen molar-refractivity contribution >= 4 is 33.2 Å². The van der Waals surface area contributed by atoms with Crippen LogP contribution < -0.4 is 10.9 Å². The number of nitro groups is 1. The Bertz CT molecular complexity index is 740. The average Bonchev–Trinajstić information content (AvgIpc) is 2.43. The van der Waals surface area contributed by atoms with Gasteiger partial charge in [-0.25, -0.2) is 0 Å². The first-order valence-corrected chi connectivity index (χ1v) is 6.65. The van der Waals surface area contributed by atoms with Gasteiger partial charge in [-0.1, -0.05) is 0 Å². The van der Waals surface area contributed by atoms with Crippen LogP contribution in [0, 0.1) is 10.1 Å². The Morgan fingerprint density at radius 2 is 1.90 bits per heavy atom. The van der Waals surface area contributed by atoms with Crippen molar-refractivity contribution in [3.8, 4) is 0 Å². The van der Waals surface area contributed by atoms with Crippen LogP contribution in [0.3, 0.4) is 0 Å². The Balaban J connectivity index is 2.06. The predicted molar refractivity (Wildman–Crippen MR) is 80.1 cm³/mol. The topological polar surface area (TPSA) is 94.2 Å². The van der Waals surface area contributed by atoms with Crippen LogP contribution in [0.5, 0.6) is 0 Å². The molecule has 0 aliphatic heterocycles. The molecule has 2 rings (SSSR count). The molecule has 0 unspecified atom stereocenters. The summed E-state index contributed by atoms with van der Waals surface area (Å²) in [7, 11) is 0. The Morgan fingerprint density at radius 1 is 1.24 bits per heavy atom. The average molecular weight is 352 g/mol. The Hall–Kier alpha value is -2.48. The summed E-state index contributed by atoms with van der Waals surface area (Å²) in [5.74, 6) is -0.399. The summed E-state index contributed by atoms with van der Waals surface area (Å²) < 4.78 is 1.94. The van der Waals surface area contributed by atoms with E-state index in [1.807, 2.05) is 0 Å². The highest BCUT2D eigenvalue weighted by Gasteiger charge is 2.08. The molecule has 1 heterocycles. The summed E-state index contributed by atoms with van der Waals surface area (Å²) in [6.45, 7) is -0.144. The molecule has 21 heavy (non-hydrogen) atoms. The number of hydrogen-bond donors (Lipinski definition) is 1. The number of carbonyl (C=O) groups excluding carboxylic acids is 1. The Morgan fingerprint density at radius 3 is 2.52 bits per heavy atom. The zero-order valence-electron chi connectivity index (χ0n) is 10.7. The van der Waals surface area contributed by atoms with Crippen molar-refractivity contribution in [3.63, 3.8) is 0 Å². The molecule has 108 valence electrons. The second-order valence-electron chi connectivity index (χ2n) is 4.17. The molecular formula is C13H10BrN3O4. The lowest BCUT2D eigenvalue weighted by atomic mass is 10.3. The molecule has 0 atom stereocenters. The summed E-state index contributed by atoms with van der Waals surface area (Å²) in [5, 5.41) is 13.1. The molecule has 0 saturated carbocycles. The maximum Gasteiger partial charge on any atom is 0.269 e. The van der Waals surface area contributed by atoms with Crippen LogP contribution >= 0.6 is 15.9 Å². The SMILES string of the molecule is O=C(Cn1cc(Br)ccc1=O)Nc1ccc([N+](=O)[O-])cc1. The van der Waals surface area contributed by atoms with E-state index in [1.165, 1.54) is 41.1 Å². The molecule has 1 amide bonds. The highest BCUT2D eigenvalue weighted by atomic mass is 79.9. The van der Waals surface area contributed by atoms with Crippen molar-refractivity contribution in [2.24, 2.45) is 0 Å². The monoisotopic (exact) mass is 351 g/mol. The highest BCUT2D eigenvalue weighted by molar-refractivity contribution is 9.10. The number of nitro benzene ring substituents is 1. The van der Waals surface area contributed by atoms with Gasteiger partial charge in [-0.05, 0) is 34.1 Å². The lowest BCUT2D eigenvalue weighted by Gasteiger charge is -2.07. The first-order chi connectivity index (χ1) is 9.95. The van der Waals surface area contributed by atoms with Gasteiger partial charge in [0.25, 0.3) is 11.2 Å². The van der Waals surface area contributed by atoms with Gasteiger partial charge in [0.05, 0.1) is 4.92 Å². The van der Waals surface area contributed by atoms with E-state index in [0.717, 1.165) is 0 Å². The first-order valence-electron chi connectivity index (χ1n) is 5.86. The molecule has 1 aromatic carbocycles. The minimum Gasteiger partial charge on any atom is -0.325 e. The van der Waals surface area contributed by atoms with Crippen LogP contribution in [0.2, 0.25) is 0 Å². The number of nitrogens with zero attached hydrogens (tertiary/aromatic N) is 2. The number of non-ortho nitro benzene ring substituents is 1. The molecule has 2 aromatic rings. The summed E-state index contributed by atoms with van der Waals surface area (Å²) in [5.41, 5.74) is 0.0712. The van der Waals surface area contributed by atoms with Gasteiger partial charge in [-0.15, -0.1) is 0 Å². The van der Waals surface area contributed by atoms with Crippen molar-refractivity contribution in [2.75, 3.05) is 5.32 Å². The molecule has 0 fully saturated rings. The smallest absolute Gasteiger partial charge is 0.269 e. The van der Waals surface area contributed by atoms with Crippen molar-refractivity contribution in [2.45, 2.75) is 6.54 Å². The van der Waals surface area contributed by atoms with Gasteiger partial charge in [0, 0.05) is 34.6 Å². The maximum atomic E-state index is 11.8. The number of anilines is 1. The Kier molecular flexibility index (Phi) is 4.49. The third-order valence-corrected chi connectivity index (χ3v) is 3.09. The fraction of sp³-hybridized carbons (Fsp3) is 0.0769. The molecule has 1 aromatic heterocycles. The van der Waals surface area contributed by atoms with E-state index in [-0.39, 0.29) is 17.8 Å². The van der Waals surface area contributed by atoms with Gasteiger partial charge < -0.3 is 9.88 Å². The highest BCUT2D eigenvalue weighted by Crippen LogP contribution is 2.15. The van der Waals surface area contributed by atoms with E-state index >= 15 is 0 Å². The van der Waals surface area contributed by atoms with Crippen LogP contribution in [0.1, 0.15) is 0 Å². The van der Waals surface area contributed by atoms with E-state index in [9.17, 15) is 19.7 Å². The third-order valence-electron chi connectivity index (χ3n) is 2.62. The van der Waals surface area contributed by atoms with E-state index in [1.54, 1.807) is 6.07 Å². The van der Waals surface area contributed by atoms with Crippen molar-refractivity contribution in [1.82, 2.24) is 4.57 Å². The molecule has 7 nitrogen and oxygen atoms in total. The fourth-order valence-electron chi connectivity index (χ4n) is 1.65. The second-order valence-corrected chi connectivity index (χ2v) is 5.08. The van der Waals surface area contributed by atoms with Gasteiger partial charge in [-0.3, -0.25) is 19.7 Å². The van der Waals surface area contributed by atoms with Gasteiger partial charge in [-0.2, -0.15) is 0 Å². The van der Waals surface area contributed by atoms with Crippen LogP contribution in [-0.4, -0.2) is 15.4 Å². The van der Waals surface area contributed by atoms with Crippen molar-refractivity contribution < 1.29 is 9.72 Å². The van der Waals surface area contributed by atoms with Crippen LogP contribution in [0.15, 0.2) is 51.9 Å². The van der Waals surface area contributed by atoms with Crippen molar-refractivity contribution in [1.29, 1.82) is 0 Å². The van der Waals surface area contributed by atoms with Crippen LogP contribution in [0.25, 0.3) is 0 Å². The lowest BCUT2D eigenvalue weighted by Crippen LogP contribution is -2.26. The van der Waals surface area contributed by atoms with Crippen molar-refractivity contribution in [3.05, 3.63) is 67.5 Å². The minimum absolute atomic E-state index is 0.0591. The molecule has 0 aliphatic rings. The van der Waals surface area contributed by atoms with Gasteiger partial charge in [0.15, 0.2) is 0 Å². The number of carbonyl (C=O) groups is 1. The number of nitrogens with one attached hydrogen (secondary N) is 1. The normalized spacial score (nSPS) is 10.1. The first kappa shape index (κ1) is 14.9. The van der Waals surface area contributed by atoms with E-state index < -0.39 is 10.8 Å². The third kappa shape index (κ3) is 3.99. The summed E-state index contributed by atoms with van der Waals surface area (Å²) in [6.07, 6.45) is 1.51. The fourth-order valence-corrected chi connectivity index (χ4v) is 2.03. The minimum atomic E-state index is -0.521. The zero-order chi connectivity index (χ0) is 15.4. The molecule has 0 spiro atoms. The van der Waals surface area contributed by atoms with E-state index in [2.05, 4.69) is 21.2 Å². The molecule has 0 saturated heterocycles. The number of aromatic nitrogens is 1. The van der Waals surface area contributed by atoms with Crippen LogP contribution in [0.4, 0.5) is 11.4 Å². The summed E-state index contributed by atoms with van der Waals surface area (Å²) in [6, 6.07) is 8.39. The molecule has 0 aliphatic carbocycles. The number of benzene rings is 1. The van der Waals surface area contributed by atoms with Gasteiger partial charge in [0.2, 0.25) is 5.91 Å². The lowest BCUT2D eigenvalue weighted by molar-refractivity contribution is -0.384. The number of amides is 1. The number of rotatable bonds is 4. The number of halogens is 1. The number of pyridine rings is 1. The predicted octanol–water partition coefficient (Wildman–Crippen LogP) is 2.16. The standard InChI is InChI=1S/C13H10BrN3O4/c14-9-1-6-13(19)16(7-9)8-12(18)15-10-2-4-11(5-3-10)17(20)21/h1-7H,8H2,(H,15,18). The largest absolute Gasteiger partial charge is 0.325 e. The van der Waals surface area contributed by atoms with Gasteiger partial charge in [0.1, 0.15) is 6.54 Å².